The predicted octanol–water partition coefficient (Wildman–Crippen LogP) is 7.20. The van der Waals surface area contributed by atoms with Crippen molar-refractivity contribution in [2.24, 2.45) is 11.0 Å². The van der Waals surface area contributed by atoms with Crippen LogP contribution in [0.15, 0.2) is 88.9 Å². The van der Waals surface area contributed by atoms with Crippen LogP contribution in [0.1, 0.15) is 48.4 Å². The number of allylic oxidation sites excluding steroid dienone is 2. The van der Waals surface area contributed by atoms with E-state index in [4.69, 9.17) is 16.3 Å². The number of hydrogen-bond donors (Lipinski definition) is 2. The average Bonchev–Trinajstić information content (AvgIpc) is 3.43. The third-order valence-corrected chi connectivity index (χ3v) is 8.28. The maximum atomic E-state index is 12.3. The molecule has 0 fully saturated rings. The van der Waals surface area contributed by atoms with Crippen molar-refractivity contribution in [2.45, 2.75) is 36.6 Å². The highest BCUT2D eigenvalue weighted by molar-refractivity contribution is 7.99. The maximum absolute atomic E-state index is 12.3. The van der Waals surface area contributed by atoms with Gasteiger partial charge in [-0.05, 0) is 84.5 Å². The van der Waals surface area contributed by atoms with Gasteiger partial charge in [-0.3, -0.25) is 4.79 Å². The summed E-state index contributed by atoms with van der Waals surface area (Å²) in [5.74, 6) is 2.24. The fourth-order valence-corrected chi connectivity index (χ4v) is 6.00. The zero-order chi connectivity index (χ0) is 25.8. The van der Waals surface area contributed by atoms with E-state index in [1.54, 1.807) is 18.9 Å². The number of rotatable bonds is 8. The number of fused-ring (bicyclic) bond motifs is 3. The highest BCUT2D eigenvalue weighted by Gasteiger charge is 2.38. The number of hydrogen-bond acceptors (Lipinski definition) is 5. The van der Waals surface area contributed by atoms with Crippen LogP contribution in [0.2, 0.25) is 5.02 Å². The lowest BCUT2D eigenvalue weighted by molar-refractivity contribution is -0.120. The molecule has 5 rings (SSSR count). The first kappa shape index (κ1) is 25.4. The summed E-state index contributed by atoms with van der Waals surface area (Å²) in [4.78, 5) is 13.4. The van der Waals surface area contributed by atoms with Crippen LogP contribution in [0.3, 0.4) is 0 Å². The third-order valence-electron chi connectivity index (χ3n) is 7.02. The molecule has 3 aromatic rings. The van der Waals surface area contributed by atoms with Crippen molar-refractivity contribution in [2.75, 3.05) is 18.2 Å². The molecule has 3 atom stereocenters. The number of nitrogens with one attached hydrogen (secondary N) is 2. The third kappa shape index (κ3) is 5.86. The molecule has 2 aliphatic rings. The average molecular weight is 532 g/mol. The van der Waals surface area contributed by atoms with Gasteiger partial charge in [0.05, 0.1) is 18.9 Å². The Labute approximate surface area is 227 Å². The smallest absolute Gasteiger partial charge is 0.240 e. The van der Waals surface area contributed by atoms with E-state index in [-0.39, 0.29) is 11.9 Å². The normalized spacial score (nSPS) is 20.1. The zero-order valence-electron chi connectivity index (χ0n) is 20.9. The number of methoxy groups -OCH3 is 1. The molecular formula is C30H30ClN3O2S. The van der Waals surface area contributed by atoms with Gasteiger partial charge in [0.2, 0.25) is 5.91 Å². The van der Waals surface area contributed by atoms with Gasteiger partial charge in [-0.2, -0.15) is 5.10 Å². The van der Waals surface area contributed by atoms with Crippen molar-refractivity contribution in [1.82, 2.24) is 5.43 Å². The number of nitrogens with zero attached hydrogens (tertiary/aromatic N) is 1. The van der Waals surface area contributed by atoms with Gasteiger partial charge in [0.1, 0.15) is 5.75 Å². The van der Waals surface area contributed by atoms with Gasteiger partial charge in [0.15, 0.2) is 0 Å². The molecule has 0 spiro atoms. The lowest BCUT2D eigenvalue weighted by Gasteiger charge is -2.37. The molecule has 0 unspecified atom stereocenters. The molecule has 190 valence electrons. The number of anilines is 1. The quantitative estimate of drug-likeness (QED) is 0.140. The second-order valence-corrected chi connectivity index (χ2v) is 10.9. The van der Waals surface area contributed by atoms with Crippen molar-refractivity contribution in [3.05, 3.63) is 101 Å². The molecule has 3 aromatic carbocycles. The Morgan fingerprint density at radius 3 is 2.68 bits per heavy atom. The Hall–Kier alpha value is -3.22. The number of carbonyl (C=O) groups is 1. The number of thioether (sulfide) groups is 1. The Morgan fingerprint density at radius 1 is 1.14 bits per heavy atom. The van der Waals surface area contributed by atoms with Gasteiger partial charge in [-0.1, -0.05) is 42.0 Å². The molecule has 0 aromatic heterocycles. The molecule has 1 amide bonds. The SMILES string of the molecule is COc1ccc([C@@H]2Nc3ccc(/C(C)=N\NC(=O)CCSc4ccc(Cl)cc4)cc3[C@@H]3C=CC[C@@H]32)cc1. The van der Waals surface area contributed by atoms with Crippen LogP contribution in [0, 0.1) is 5.92 Å². The van der Waals surface area contributed by atoms with E-state index >= 15 is 0 Å². The lowest BCUT2D eigenvalue weighted by Crippen LogP contribution is -2.29. The topological polar surface area (TPSA) is 62.7 Å². The molecule has 0 saturated heterocycles. The molecule has 0 saturated carbocycles. The van der Waals surface area contributed by atoms with Gasteiger partial charge < -0.3 is 10.1 Å². The first-order valence-electron chi connectivity index (χ1n) is 12.4. The monoisotopic (exact) mass is 531 g/mol. The van der Waals surface area contributed by atoms with E-state index in [1.807, 2.05) is 43.3 Å². The van der Waals surface area contributed by atoms with Gasteiger partial charge in [0, 0.05) is 33.7 Å². The number of carbonyl (C=O) groups excluding carboxylic acids is 1. The Kier molecular flexibility index (Phi) is 7.87. The van der Waals surface area contributed by atoms with Crippen LogP contribution in [0.25, 0.3) is 0 Å². The lowest BCUT2D eigenvalue weighted by atomic mass is 9.76. The van der Waals surface area contributed by atoms with Gasteiger partial charge >= 0.3 is 0 Å². The van der Waals surface area contributed by atoms with Crippen LogP contribution in [0.4, 0.5) is 5.69 Å². The number of benzene rings is 3. The molecule has 5 nitrogen and oxygen atoms in total. The van der Waals surface area contributed by atoms with Crippen LogP contribution < -0.4 is 15.5 Å². The largest absolute Gasteiger partial charge is 0.497 e. The summed E-state index contributed by atoms with van der Waals surface area (Å²) in [6.45, 7) is 1.93. The van der Waals surface area contributed by atoms with E-state index in [1.165, 1.54) is 11.1 Å². The predicted molar refractivity (Wildman–Crippen MR) is 153 cm³/mol. The zero-order valence-corrected chi connectivity index (χ0v) is 22.5. The molecule has 1 aliphatic heterocycles. The van der Waals surface area contributed by atoms with E-state index < -0.39 is 0 Å². The van der Waals surface area contributed by atoms with Gasteiger partial charge in [-0.25, -0.2) is 5.43 Å². The van der Waals surface area contributed by atoms with Crippen LogP contribution in [0.5, 0.6) is 5.75 Å². The van der Waals surface area contributed by atoms with Gasteiger partial charge in [-0.15, -0.1) is 11.8 Å². The van der Waals surface area contributed by atoms with Crippen molar-refractivity contribution in [3.63, 3.8) is 0 Å². The summed E-state index contributed by atoms with van der Waals surface area (Å²) in [6, 6.07) is 22.6. The second kappa shape index (κ2) is 11.4. The molecule has 7 heteroatoms. The van der Waals surface area contributed by atoms with E-state index in [0.29, 0.717) is 29.0 Å². The second-order valence-electron chi connectivity index (χ2n) is 9.34. The Balaban J connectivity index is 1.23. The summed E-state index contributed by atoms with van der Waals surface area (Å²) >= 11 is 7.55. The number of ether oxygens (including phenoxy) is 1. The summed E-state index contributed by atoms with van der Waals surface area (Å²) in [7, 11) is 1.69. The fraction of sp³-hybridized carbons (Fsp3) is 0.267. The van der Waals surface area contributed by atoms with E-state index in [2.05, 4.69) is 58.3 Å². The highest BCUT2D eigenvalue weighted by Crippen LogP contribution is 2.50. The summed E-state index contributed by atoms with van der Waals surface area (Å²) < 4.78 is 5.34. The molecule has 37 heavy (non-hydrogen) atoms. The molecule has 0 bridgehead atoms. The molecular weight excluding hydrogens is 502 g/mol. The minimum atomic E-state index is -0.0958. The van der Waals surface area contributed by atoms with E-state index in [0.717, 1.165) is 34.0 Å². The minimum absolute atomic E-state index is 0.0958. The first-order chi connectivity index (χ1) is 18.0. The van der Waals surface area contributed by atoms with Gasteiger partial charge in [0.25, 0.3) is 0 Å². The maximum Gasteiger partial charge on any atom is 0.240 e. The summed E-state index contributed by atoms with van der Waals surface area (Å²) in [5, 5.41) is 8.87. The number of hydrazone groups is 1. The number of halogens is 1. The number of amides is 1. The standard InChI is InChI=1S/C30H30ClN3O2S/c1-19(33-34-29(35)16-17-37-24-13-9-22(31)10-14-24)21-8-15-28-27(18-21)25-4-3-5-26(25)30(32-28)20-6-11-23(36-2)12-7-20/h3-4,6-15,18,25-26,30,32H,5,16-17H2,1-2H3,(H,34,35)/b33-19-/t25-,26+,30+/m1/s1. The Bertz CT molecular complexity index is 1320. The summed E-state index contributed by atoms with van der Waals surface area (Å²) in [5.41, 5.74) is 8.21. The molecule has 0 radical (unpaired) electrons. The molecule has 2 N–H and O–H groups in total. The fourth-order valence-electron chi connectivity index (χ4n) is 5.02. The first-order valence-corrected chi connectivity index (χ1v) is 13.8. The molecule has 1 heterocycles. The summed E-state index contributed by atoms with van der Waals surface area (Å²) in [6.07, 6.45) is 6.05. The van der Waals surface area contributed by atoms with Crippen molar-refractivity contribution >= 4 is 40.7 Å². The van der Waals surface area contributed by atoms with Crippen molar-refractivity contribution in [3.8, 4) is 5.75 Å². The minimum Gasteiger partial charge on any atom is -0.497 e. The van der Waals surface area contributed by atoms with Crippen molar-refractivity contribution in [1.29, 1.82) is 0 Å². The Morgan fingerprint density at radius 2 is 1.92 bits per heavy atom. The van der Waals surface area contributed by atoms with Crippen LogP contribution >= 0.6 is 23.4 Å². The van der Waals surface area contributed by atoms with Crippen LogP contribution in [-0.2, 0) is 4.79 Å². The molecule has 1 aliphatic carbocycles. The van der Waals surface area contributed by atoms with E-state index in [9.17, 15) is 4.79 Å². The van der Waals surface area contributed by atoms with Crippen molar-refractivity contribution < 1.29 is 9.53 Å². The van der Waals surface area contributed by atoms with Crippen LogP contribution in [-0.4, -0.2) is 24.5 Å². The highest BCUT2D eigenvalue weighted by atomic mass is 35.5.